The first-order chi connectivity index (χ1) is 8.53. The van der Waals surface area contributed by atoms with Gasteiger partial charge in [0.1, 0.15) is 11.4 Å². The monoisotopic (exact) mass is 269 g/mol. The summed E-state index contributed by atoms with van der Waals surface area (Å²) in [7, 11) is 0. The second-order valence-electron chi connectivity index (χ2n) is 4.15. The van der Waals surface area contributed by atoms with Gasteiger partial charge >= 0.3 is 5.97 Å². The van der Waals surface area contributed by atoms with Crippen molar-refractivity contribution in [2.75, 3.05) is 11.5 Å². The van der Waals surface area contributed by atoms with Gasteiger partial charge < -0.3 is 10.4 Å². The van der Waals surface area contributed by atoms with E-state index in [1.165, 1.54) is 36.0 Å². The molecule has 1 aromatic rings. The van der Waals surface area contributed by atoms with E-state index in [0.717, 1.165) is 0 Å². The standard InChI is InChI=1S/C12H12FNO3S/c13-9-3-1-8(2-4-9)10(15)14-12(11(16)17)5-6-18-7-12/h1-4H,5-7H2,(H,14,15)(H,16,17). The van der Waals surface area contributed by atoms with Crippen LogP contribution in [-0.4, -0.2) is 34.0 Å². The number of amides is 1. The highest BCUT2D eigenvalue weighted by Gasteiger charge is 2.43. The highest BCUT2D eigenvalue weighted by atomic mass is 32.2. The summed E-state index contributed by atoms with van der Waals surface area (Å²) in [5.41, 5.74) is -0.940. The number of halogens is 1. The molecule has 1 aliphatic heterocycles. The summed E-state index contributed by atoms with van der Waals surface area (Å²) in [6.07, 6.45) is 0.403. The van der Waals surface area contributed by atoms with Crippen molar-refractivity contribution in [2.24, 2.45) is 0 Å². The molecule has 6 heteroatoms. The number of hydrogen-bond acceptors (Lipinski definition) is 3. The van der Waals surface area contributed by atoms with Gasteiger partial charge in [-0.1, -0.05) is 0 Å². The van der Waals surface area contributed by atoms with Crippen LogP contribution in [0.25, 0.3) is 0 Å². The minimum atomic E-state index is -1.20. The van der Waals surface area contributed by atoms with Crippen LogP contribution in [0.4, 0.5) is 4.39 Å². The molecular formula is C12H12FNO3S. The van der Waals surface area contributed by atoms with Crippen LogP contribution >= 0.6 is 11.8 Å². The van der Waals surface area contributed by atoms with Gasteiger partial charge in [-0.15, -0.1) is 0 Å². The fourth-order valence-electron chi connectivity index (χ4n) is 1.78. The van der Waals surface area contributed by atoms with Crippen molar-refractivity contribution in [3.05, 3.63) is 35.6 Å². The number of carbonyl (C=O) groups is 2. The number of hydrogen-bond donors (Lipinski definition) is 2. The van der Waals surface area contributed by atoms with Crippen molar-refractivity contribution in [1.29, 1.82) is 0 Å². The quantitative estimate of drug-likeness (QED) is 0.873. The van der Waals surface area contributed by atoms with Gasteiger partial charge in [0.05, 0.1) is 0 Å². The van der Waals surface area contributed by atoms with E-state index in [0.29, 0.717) is 17.9 Å². The van der Waals surface area contributed by atoms with E-state index in [4.69, 9.17) is 0 Å². The molecule has 1 aliphatic rings. The summed E-state index contributed by atoms with van der Waals surface area (Å²) in [6, 6.07) is 5.02. The molecular weight excluding hydrogens is 257 g/mol. The van der Waals surface area contributed by atoms with Gasteiger partial charge in [-0.2, -0.15) is 11.8 Å². The Morgan fingerprint density at radius 1 is 1.33 bits per heavy atom. The van der Waals surface area contributed by atoms with Crippen LogP contribution < -0.4 is 5.32 Å². The number of carboxylic acids is 1. The molecule has 1 amide bonds. The first-order valence-electron chi connectivity index (χ1n) is 5.43. The molecule has 1 saturated heterocycles. The fourth-order valence-corrected chi connectivity index (χ4v) is 3.10. The SMILES string of the molecule is O=C(NC1(C(=O)O)CCSC1)c1ccc(F)cc1. The van der Waals surface area contributed by atoms with Gasteiger partial charge in [-0.3, -0.25) is 4.79 Å². The molecule has 2 rings (SSSR count). The second-order valence-corrected chi connectivity index (χ2v) is 5.26. The molecule has 1 fully saturated rings. The van der Waals surface area contributed by atoms with Crippen LogP contribution in [0.5, 0.6) is 0 Å². The van der Waals surface area contributed by atoms with Gasteiger partial charge in [0.25, 0.3) is 5.91 Å². The molecule has 0 saturated carbocycles. The Labute approximate surface area is 108 Å². The zero-order valence-electron chi connectivity index (χ0n) is 9.48. The minimum Gasteiger partial charge on any atom is -0.479 e. The summed E-state index contributed by atoms with van der Waals surface area (Å²) in [5, 5.41) is 11.8. The summed E-state index contributed by atoms with van der Waals surface area (Å²) in [5.74, 6) is -0.885. The summed E-state index contributed by atoms with van der Waals surface area (Å²) in [6.45, 7) is 0. The lowest BCUT2D eigenvalue weighted by atomic mass is 9.98. The van der Waals surface area contributed by atoms with E-state index < -0.39 is 23.2 Å². The van der Waals surface area contributed by atoms with Gasteiger partial charge in [0, 0.05) is 11.3 Å². The van der Waals surface area contributed by atoms with E-state index in [9.17, 15) is 19.1 Å². The van der Waals surface area contributed by atoms with E-state index in [1.807, 2.05) is 0 Å². The van der Waals surface area contributed by atoms with Crippen LogP contribution in [0.3, 0.4) is 0 Å². The smallest absolute Gasteiger partial charge is 0.330 e. The van der Waals surface area contributed by atoms with Gasteiger partial charge in [0.2, 0.25) is 0 Å². The zero-order chi connectivity index (χ0) is 13.2. The predicted molar refractivity (Wildman–Crippen MR) is 66.2 cm³/mol. The average molecular weight is 269 g/mol. The highest BCUT2D eigenvalue weighted by molar-refractivity contribution is 7.99. The van der Waals surface area contributed by atoms with Crippen LogP contribution in [0.2, 0.25) is 0 Å². The van der Waals surface area contributed by atoms with Crippen LogP contribution in [-0.2, 0) is 4.79 Å². The van der Waals surface area contributed by atoms with Crippen LogP contribution in [0, 0.1) is 5.82 Å². The summed E-state index contributed by atoms with van der Waals surface area (Å²) >= 11 is 1.49. The van der Waals surface area contributed by atoms with Gasteiger partial charge in [-0.05, 0) is 36.4 Å². The Hall–Kier alpha value is -1.56. The molecule has 4 nitrogen and oxygen atoms in total. The van der Waals surface area contributed by atoms with Crippen molar-refractivity contribution >= 4 is 23.6 Å². The molecule has 18 heavy (non-hydrogen) atoms. The molecule has 0 aromatic heterocycles. The first kappa shape index (κ1) is 12.9. The zero-order valence-corrected chi connectivity index (χ0v) is 10.3. The number of nitrogens with one attached hydrogen (secondary N) is 1. The Bertz CT molecular complexity index is 469. The van der Waals surface area contributed by atoms with Crippen molar-refractivity contribution in [2.45, 2.75) is 12.0 Å². The number of thioether (sulfide) groups is 1. The lowest BCUT2D eigenvalue weighted by Gasteiger charge is -2.24. The molecule has 1 unspecified atom stereocenters. The fraction of sp³-hybridized carbons (Fsp3) is 0.333. The molecule has 0 aliphatic carbocycles. The Balaban J connectivity index is 2.15. The van der Waals surface area contributed by atoms with Crippen molar-refractivity contribution < 1.29 is 19.1 Å². The third-order valence-electron chi connectivity index (χ3n) is 2.89. The van der Waals surface area contributed by atoms with E-state index in [-0.39, 0.29) is 5.56 Å². The van der Waals surface area contributed by atoms with E-state index in [1.54, 1.807) is 0 Å². The lowest BCUT2D eigenvalue weighted by molar-refractivity contribution is -0.143. The van der Waals surface area contributed by atoms with Crippen molar-refractivity contribution in [3.8, 4) is 0 Å². The minimum absolute atomic E-state index is 0.258. The highest BCUT2D eigenvalue weighted by Crippen LogP contribution is 2.28. The number of benzene rings is 1. The normalized spacial score (nSPS) is 22.7. The Kier molecular flexibility index (Phi) is 3.56. The molecule has 96 valence electrons. The van der Waals surface area contributed by atoms with Crippen molar-refractivity contribution in [1.82, 2.24) is 5.32 Å². The topological polar surface area (TPSA) is 66.4 Å². The maximum atomic E-state index is 12.7. The third-order valence-corrected chi connectivity index (χ3v) is 4.08. The first-order valence-corrected chi connectivity index (χ1v) is 6.58. The molecule has 1 aromatic carbocycles. The molecule has 1 atom stereocenters. The van der Waals surface area contributed by atoms with Crippen LogP contribution in [0.1, 0.15) is 16.8 Å². The molecule has 0 spiro atoms. The largest absolute Gasteiger partial charge is 0.479 e. The number of aliphatic carboxylic acids is 1. The van der Waals surface area contributed by atoms with E-state index >= 15 is 0 Å². The Morgan fingerprint density at radius 3 is 2.50 bits per heavy atom. The van der Waals surface area contributed by atoms with Gasteiger partial charge in [-0.25, -0.2) is 9.18 Å². The van der Waals surface area contributed by atoms with Gasteiger partial charge in [0.15, 0.2) is 0 Å². The molecule has 0 bridgehead atoms. The number of carbonyl (C=O) groups excluding carboxylic acids is 1. The lowest BCUT2D eigenvalue weighted by Crippen LogP contribution is -2.54. The number of carboxylic acid groups (broad SMARTS) is 1. The maximum Gasteiger partial charge on any atom is 0.330 e. The van der Waals surface area contributed by atoms with Crippen molar-refractivity contribution in [3.63, 3.8) is 0 Å². The summed E-state index contributed by atoms with van der Waals surface area (Å²) < 4.78 is 12.7. The maximum absolute atomic E-state index is 12.7. The van der Waals surface area contributed by atoms with E-state index in [2.05, 4.69) is 5.32 Å². The number of rotatable bonds is 3. The third kappa shape index (κ3) is 2.48. The predicted octanol–water partition coefficient (Wildman–Crippen LogP) is 1.52. The molecule has 1 heterocycles. The van der Waals surface area contributed by atoms with Crippen LogP contribution in [0.15, 0.2) is 24.3 Å². The average Bonchev–Trinajstić information content (AvgIpc) is 2.79. The molecule has 0 radical (unpaired) electrons. The Morgan fingerprint density at radius 2 is 2.00 bits per heavy atom. The summed E-state index contributed by atoms with van der Waals surface area (Å²) in [4.78, 5) is 23.2. The second kappa shape index (κ2) is 4.97. The molecule has 2 N–H and O–H groups in total.